The Kier molecular flexibility index (Phi) is 3.18. The fraction of sp³-hybridized carbons (Fsp3) is 0.222. The molecule has 0 spiro atoms. The first-order valence-electron chi connectivity index (χ1n) is 3.84. The Bertz CT molecular complexity index is 360. The van der Waals surface area contributed by atoms with Crippen molar-refractivity contribution in [1.29, 1.82) is 0 Å². The molecular formula is C9H7F3O3. The molecule has 3 nitrogen and oxygen atoms in total. The summed E-state index contributed by atoms with van der Waals surface area (Å²) < 4.78 is 43.9. The van der Waals surface area contributed by atoms with E-state index in [2.05, 4.69) is 4.74 Å². The molecule has 82 valence electrons. The maximum atomic E-state index is 11.9. The molecule has 0 aliphatic carbocycles. The van der Waals surface area contributed by atoms with Crippen LogP contribution in [0.4, 0.5) is 13.2 Å². The Morgan fingerprint density at radius 3 is 2.27 bits per heavy atom. The summed E-state index contributed by atoms with van der Waals surface area (Å²) in [6.07, 6.45) is -4.38. The molecule has 0 saturated carbocycles. The van der Waals surface area contributed by atoms with Crippen LogP contribution in [0.2, 0.25) is 0 Å². The van der Waals surface area contributed by atoms with Gasteiger partial charge in [-0.2, -0.15) is 0 Å². The summed E-state index contributed by atoms with van der Waals surface area (Å²) in [6.45, 7) is 0. The fourth-order valence-corrected chi connectivity index (χ4v) is 0.972. The fourth-order valence-electron chi connectivity index (χ4n) is 0.972. The Morgan fingerprint density at radius 1 is 1.20 bits per heavy atom. The Labute approximate surface area is 83.4 Å². The van der Waals surface area contributed by atoms with Crippen molar-refractivity contribution >= 4 is 6.29 Å². The first-order chi connectivity index (χ1) is 6.94. The van der Waals surface area contributed by atoms with Gasteiger partial charge in [0.2, 0.25) is 0 Å². The molecule has 6 heteroatoms. The van der Waals surface area contributed by atoms with Crippen LogP contribution in [0, 0.1) is 0 Å². The van der Waals surface area contributed by atoms with Crippen molar-refractivity contribution in [3.63, 3.8) is 0 Å². The molecule has 0 aliphatic rings. The lowest BCUT2D eigenvalue weighted by atomic mass is 10.2. The number of rotatable bonds is 3. The van der Waals surface area contributed by atoms with Gasteiger partial charge in [0.1, 0.15) is 17.8 Å². The van der Waals surface area contributed by atoms with E-state index in [0.717, 1.165) is 12.1 Å². The highest BCUT2D eigenvalue weighted by molar-refractivity contribution is 5.76. The Balaban J connectivity index is 3.02. The smallest absolute Gasteiger partial charge is 0.497 e. The lowest BCUT2D eigenvalue weighted by molar-refractivity contribution is -0.274. The van der Waals surface area contributed by atoms with E-state index in [1.165, 1.54) is 13.2 Å². The van der Waals surface area contributed by atoms with Crippen LogP contribution in [0.3, 0.4) is 0 Å². The third-order valence-corrected chi connectivity index (χ3v) is 1.51. The summed E-state index contributed by atoms with van der Waals surface area (Å²) in [5.41, 5.74) is 0.0496. The minimum atomic E-state index is -4.79. The van der Waals surface area contributed by atoms with E-state index >= 15 is 0 Å². The Morgan fingerprint density at radius 2 is 1.80 bits per heavy atom. The van der Waals surface area contributed by atoms with Crippen LogP contribution in [-0.2, 0) is 0 Å². The Hall–Kier alpha value is -1.72. The summed E-state index contributed by atoms with van der Waals surface area (Å²) in [6, 6.07) is 3.32. The van der Waals surface area contributed by atoms with E-state index in [1.807, 2.05) is 0 Å². The van der Waals surface area contributed by atoms with Crippen LogP contribution in [0.1, 0.15) is 10.4 Å². The normalized spacial score (nSPS) is 10.9. The second-order valence-corrected chi connectivity index (χ2v) is 2.61. The number of benzene rings is 1. The lowest BCUT2D eigenvalue weighted by Gasteiger charge is -2.10. The number of methoxy groups -OCH3 is 1. The summed E-state index contributed by atoms with van der Waals surface area (Å²) in [7, 11) is 1.28. The second-order valence-electron chi connectivity index (χ2n) is 2.61. The maximum absolute atomic E-state index is 11.9. The highest BCUT2D eigenvalue weighted by atomic mass is 19.4. The summed E-state index contributed by atoms with van der Waals surface area (Å²) >= 11 is 0. The second kappa shape index (κ2) is 4.20. The van der Waals surface area contributed by atoms with Crippen LogP contribution in [-0.4, -0.2) is 19.8 Å². The monoisotopic (exact) mass is 220 g/mol. The topological polar surface area (TPSA) is 35.5 Å². The van der Waals surface area contributed by atoms with Crippen LogP contribution >= 0.6 is 0 Å². The molecule has 0 heterocycles. The van der Waals surface area contributed by atoms with Gasteiger partial charge in [0.05, 0.1) is 7.11 Å². The van der Waals surface area contributed by atoms with Gasteiger partial charge in [0, 0.05) is 11.6 Å². The molecular weight excluding hydrogens is 213 g/mol. The zero-order valence-electron chi connectivity index (χ0n) is 7.67. The van der Waals surface area contributed by atoms with E-state index in [0.29, 0.717) is 6.29 Å². The minimum Gasteiger partial charge on any atom is -0.497 e. The number of hydrogen-bond acceptors (Lipinski definition) is 3. The molecule has 1 rings (SSSR count). The molecule has 1 aromatic rings. The average Bonchev–Trinajstić information content (AvgIpc) is 2.14. The first kappa shape index (κ1) is 11.4. The number of alkyl halides is 3. The lowest BCUT2D eigenvalue weighted by Crippen LogP contribution is -2.17. The molecule has 0 aliphatic heterocycles. The van der Waals surface area contributed by atoms with Gasteiger partial charge in [-0.1, -0.05) is 0 Å². The van der Waals surface area contributed by atoms with Gasteiger partial charge in [-0.15, -0.1) is 13.2 Å². The minimum absolute atomic E-state index is 0.0496. The molecule has 0 bridgehead atoms. The van der Waals surface area contributed by atoms with Crippen molar-refractivity contribution in [3.05, 3.63) is 23.8 Å². The third-order valence-electron chi connectivity index (χ3n) is 1.51. The SMILES string of the molecule is COc1cc(C=O)cc(OC(F)(F)F)c1. The van der Waals surface area contributed by atoms with Gasteiger partial charge in [-0.05, 0) is 12.1 Å². The van der Waals surface area contributed by atoms with Crippen molar-refractivity contribution in [1.82, 2.24) is 0 Å². The number of ether oxygens (including phenoxy) is 2. The quantitative estimate of drug-likeness (QED) is 0.733. The number of halogens is 3. The number of aldehydes is 1. The summed E-state index contributed by atoms with van der Waals surface area (Å²) in [5.74, 6) is -0.359. The summed E-state index contributed by atoms with van der Waals surface area (Å²) in [5, 5.41) is 0. The van der Waals surface area contributed by atoms with Crippen LogP contribution in [0.5, 0.6) is 11.5 Å². The molecule has 0 saturated heterocycles. The van der Waals surface area contributed by atoms with Crippen molar-refractivity contribution < 1.29 is 27.4 Å². The zero-order chi connectivity index (χ0) is 11.5. The van der Waals surface area contributed by atoms with Gasteiger partial charge >= 0.3 is 6.36 Å². The molecule has 1 aromatic carbocycles. The number of carbonyl (C=O) groups excluding carboxylic acids is 1. The van der Waals surface area contributed by atoms with Crippen LogP contribution in [0.25, 0.3) is 0 Å². The largest absolute Gasteiger partial charge is 0.573 e. The van der Waals surface area contributed by atoms with E-state index in [-0.39, 0.29) is 11.3 Å². The van der Waals surface area contributed by atoms with Gasteiger partial charge in [0.15, 0.2) is 0 Å². The van der Waals surface area contributed by atoms with E-state index < -0.39 is 12.1 Å². The summed E-state index contributed by atoms with van der Waals surface area (Å²) in [4.78, 5) is 10.4. The standard InChI is InChI=1S/C9H7F3O3/c1-14-7-2-6(5-13)3-8(4-7)15-9(10,11)12/h2-5H,1H3. The third kappa shape index (κ3) is 3.49. The molecule has 0 radical (unpaired) electrons. The molecule has 15 heavy (non-hydrogen) atoms. The van der Waals surface area contributed by atoms with Crippen molar-refractivity contribution in [2.75, 3.05) is 7.11 Å². The number of hydrogen-bond donors (Lipinski definition) is 0. The molecule has 0 N–H and O–H groups in total. The average molecular weight is 220 g/mol. The van der Waals surface area contributed by atoms with Crippen molar-refractivity contribution in [3.8, 4) is 11.5 Å². The van der Waals surface area contributed by atoms with E-state index in [1.54, 1.807) is 0 Å². The predicted octanol–water partition coefficient (Wildman–Crippen LogP) is 2.41. The van der Waals surface area contributed by atoms with Gasteiger partial charge in [-0.3, -0.25) is 4.79 Å². The van der Waals surface area contributed by atoms with Crippen LogP contribution < -0.4 is 9.47 Å². The van der Waals surface area contributed by atoms with Crippen molar-refractivity contribution in [2.45, 2.75) is 6.36 Å². The maximum Gasteiger partial charge on any atom is 0.573 e. The highest BCUT2D eigenvalue weighted by Crippen LogP contribution is 2.27. The van der Waals surface area contributed by atoms with Gasteiger partial charge in [0.25, 0.3) is 0 Å². The van der Waals surface area contributed by atoms with Crippen molar-refractivity contribution in [2.24, 2.45) is 0 Å². The molecule has 0 atom stereocenters. The van der Waals surface area contributed by atoms with Gasteiger partial charge < -0.3 is 9.47 Å². The van der Waals surface area contributed by atoms with Crippen LogP contribution in [0.15, 0.2) is 18.2 Å². The molecule has 0 fully saturated rings. The molecule has 0 aromatic heterocycles. The molecule has 0 amide bonds. The molecule has 0 unspecified atom stereocenters. The zero-order valence-corrected chi connectivity index (χ0v) is 7.67. The van der Waals surface area contributed by atoms with E-state index in [4.69, 9.17) is 4.74 Å². The predicted molar refractivity (Wildman–Crippen MR) is 45.1 cm³/mol. The highest BCUT2D eigenvalue weighted by Gasteiger charge is 2.31. The first-order valence-corrected chi connectivity index (χ1v) is 3.84. The van der Waals surface area contributed by atoms with E-state index in [9.17, 15) is 18.0 Å². The number of carbonyl (C=O) groups is 1. The van der Waals surface area contributed by atoms with Gasteiger partial charge in [-0.25, -0.2) is 0 Å².